The van der Waals surface area contributed by atoms with Gasteiger partial charge >= 0.3 is 0 Å². The lowest BCUT2D eigenvalue weighted by molar-refractivity contribution is 0.0920. The van der Waals surface area contributed by atoms with E-state index < -0.39 is 0 Å². The van der Waals surface area contributed by atoms with Gasteiger partial charge in [0, 0.05) is 0 Å². The summed E-state index contributed by atoms with van der Waals surface area (Å²) in [5.74, 6) is 1.27. The second-order valence-electron chi connectivity index (χ2n) is 6.11. The summed E-state index contributed by atoms with van der Waals surface area (Å²) in [6.07, 6.45) is 0.0146. The monoisotopic (exact) mass is 327 g/mol. The molecule has 0 saturated heterocycles. The smallest absolute Gasteiger partial charge is 0.255 e. The molecular weight excluding hydrogens is 302 g/mol. The molecular formula is C20H25NO3. The van der Waals surface area contributed by atoms with E-state index in [1.54, 1.807) is 6.07 Å². The number of hydrogen-bond donors (Lipinski definition) is 1. The molecule has 2 rings (SSSR count). The normalized spacial score (nSPS) is 11.9. The van der Waals surface area contributed by atoms with Crippen molar-refractivity contribution >= 4 is 5.91 Å². The van der Waals surface area contributed by atoms with Gasteiger partial charge in [-0.15, -0.1) is 0 Å². The molecule has 0 bridgehead atoms. The molecule has 2 aromatic rings. The molecule has 0 aliphatic carbocycles. The Kier molecular flexibility index (Phi) is 6.24. The number of carbonyl (C=O) groups excluding carboxylic acids is 1. The number of amides is 1. The van der Waals surface area contributed by atoms with Crippen LogP contribution in [-0.4, -0.2) is 24.7 Å². The standard InChI is InChI=1S/C20H25NO3/c1-14(2)24-19-12-8-6-10-17(19)20(22)21-16(4)13-23-18-11-7-5-9-15(18)3/h5-12,14,16H,13H2,1-4H3,(H,21,22)/t16-/m1/s1. The van der Waals surface area contributed by atoms with Crippen LogP contribution >= 0.6 is 0 Å². The number of para-hydroxylation sites is 2. The van der Waals surface area contributed by atoms with Crippen LogP contribution in [0, 0.1) is 6.92 Å². The van der Waals surface area contributed by atoms with Gasteiger partial charge in [-0.05, 0) is 51.5 Å². The van der Waals surface area contributed by atoms with E-state index in [9.17, 15) is 4.79 Å². The predicted molar refractivity (Wildman–Crippen MR) is 95.8 cm³/mol. The third-order valence-electron chi connectivity index (χ3n) is 3.45. The Balaban J connectivity index is 1.96. The topological polar surface area (TPSA) is 47.6 Å². The molecule has 1 N–H and O–H groups in total. The van der Waals surface area contributed by atoms with Crippen LogP contribution < -0.4 is 14.8 Å². The Bertz CT molecular complexity index is 682. The first-order valence-electron chi connectivity index (χ1n) is 8.22. The number of carbonyl (C=O) groups is 1. The molecule has 0 radical (unpaired) electrons. The number of ether oxygens (including phenoxy) is 2. The van der Waals surface area contributed by atoms with Crippen LogP contribution in [0.2, 0.25) is 0 Å². The maximum Gasteiger partial charge on any atom is 0.255 e. The summed E-state index contributed by atoms with van der Waals surface area (Å²) in [6.45, 7) is 8.20. The highest BCUT2D eigenvalue weighted by Crippen LogP contribution is 2.20. The third kappa shape index (κ3) is 5.01. The van der Waals surface area contributed by atoms with Gasteiger partial charge in [-0.3, -0.25) is 4.79 Å². The largest absolute Gasteiger partial charge is 0.491 e. The summed E-state index contributed by atoms with van der Waals surface area (Å²) in [4.78, 5) is 12.5. The third-order valence-corrected chi connectivity index (χ3v) is 3.45. The highest BCUT2D eigenvalue weighted by Gasteiger charge is 2.15. The van der Waals surface area contributed by atoms with Gasteiger partial charge in [0.1, 0.15) is 18.1 Å². The summed E-state index contributed by atoms with van der Waals surface area (Å²) in [7, 11) is 0. The minimum absolute atomic E-state index is 0.0146. The maximum atomic E-state index is 12.5. The molecule has 0 aromatic heterocycles. The molecule has 0 saturated carbocycles. The van der Waals surface area contributed by atoms with E-state index in [1.807, 2.05) is 70.2 Å². The Morgan fingerprint density at radius 2 is 1.62 bits per heavy atom. The molecule has 0 aliphatic heterocycles. The lowest BCUT2D eigenvalue weighted by atomic mass is 10.1. The van der Waals surface area contributed by atoms with Crippen molar-refractivity contribution in [3.05, 3.63) is 59.7 Å². The first-order chi connectivity index (χ1) is 11.5. The fourth-order valence-corrected chi connectivity index (χ4v) is 2.29. The van der Waals surface area contributed by atoms with E-state index in [0.29, 0.717) is 17.9 Å². The molecule has 1 atom stereocenters. The first-order valence-corrected chi connectivity index (χ1v) is 8.22. The molecule has 1 amide bonds. The zero-order valence-electron chi connectivity index (χ0n) is 14.7. The van der Waals surface area contributed by atoms with Gasteiger partial charge in [0.05, 0.1) is 17.7 Å². The number of rotatable bonds is 7. The van der Waals surface area contributed by atoms with Crippen molar-refractivity contribution in [1.82, 2.24) is 5.32 Å². The summed E-state index contributed by atoms with van der Waals surface area (Å²) in [5.41, 5.74) is 1.61. The van der Waals surface area contributed by atoms with Crippen LogP contribution in [0.4, 0.5) is 0 Å². The molecule has 128 valence electrons. The van der Waals surface area contributed by atoms with Crippen LogP contribution in [0.15, 0.2) is 48.5 Å². The molecule has 0 unspecified atom stereocenters. The molecule has 2 aromatic carbocycles. The molecule has 0 fully saturated rings. The van der Waals surface area contributed by atoms with Gasteiger partial charge in [0.25, 0.3) is 5.91 Å². The number of benzene rings is 2. The van der Waals surface area contributed by atoms with Crippen molar-refractivity contribution in [1.29, 1.82) is 0 Å². The Morgan fingerprint density at radius 3 is 2.29 bits per heavy atom. The van der Waals surface area contributed by atoms with E-state index >= 15 is 0 Å². The van der Waals surface area contributed by atoms with Crippen molar-refractivity contribution in [2.45, 2.75) is 39.8 Å². The molecule has 4 heteroatoms. The molecule has 24 heavy (non-hydrogen) atoms. The first kappa shape index (κ1) is 17.9. The Labute approximate surface area is 143 Å². The van der Waals surface area contributed by atoms with Crippen molar-refractivity contribution in [3.63, 3.8) is 0 Å². The van der Waals surface area contributed by atoms with E-state index in [1.165, 1.54) is 0 Å². The average Bonchev–Trinajstić information content (AvgIpc) is 2.54. The van der Waals surface area contributed by atoms with Crippen molar-refractivity contribution < 1.29 is 14.3 Å². The van der Waals surface area contributed by atoms with Crippen LogP contribution in [0.1, 0.15) is 36.7 Å². The highest BCUT2D eigenvalue weighted by molar-refractivity contribution is 5.97. The maximum absolute atomic E-state index is 12.5. The lowest BCUT2D eigenvalue weighted by Crippen LogP contribution is -2.37. The molecule has 0 heterocycles. The van der Waals surface area contributed by atoms with Gasteiger partial charge in [0.15, 0.2) is 0 Å². The second kappa shape index (κ2) is 8.39. The molecule has 0 spiro atoms. The number of nitrogens with one attached hydrogen (secondary N) is 1. The minimum atomic E-state index is -0.160. The highest BCUT2D eigenvalue weighted by atomic mass is 16.5. The van der Waals surface area contributed by atoms with Gasteiger partial charge in [-0.2, -0.15) is 0 Å². The van der Waals surface area contributed by atoms with E-state index in [2.05, 4.69) is 5.32 Å². The van der Waals surface area contributed by atoms with Gasteiger partial charge in [0.2, 0.25) is 0 Å². The summed E-state index contributed by atoms with van der Waals surface area (Å²) in [6, 6.07) is 15.0. The fraction of sp³-hybridized carbons (Fsp3) is 0.350. The van der Waals surface area contributed by atoms with E-state index in [0.717, 1.165) is 11.3 Å². The van der Waals surface area contributed by atoms with E-state index in [-0.39, 0.29) is 18.1 Å². The quantitative estimate of drug-likeness (QED) is 0.837. The average molecular weight is 327 g/mol. The van der Waals surface area contributed by atoms with Crippen LogP contribution in [0.25, 0.3) is 0 Å². The minimum Gasteiger partial charge on any atom is -0.491 e. The zero-order valence-corrected chi connectivity index (χ0v) is 14.7. The summed E-state index contributed by atoms with van der Waals surface area (Å²) < 4.78 is 11.5. The van der Waals surface area contributed by atoms with Gasteiger partial charge in [-0.1, -0.05) is 30.3 Å². The predicted octanol–water partition coefficient (Wildman–Crippen LogP) is 3.98. The summed E-state index contributed by atoms with van der Waals surface area (Å²) in [5, 5.41) is 2.96. The van der Waals surface area contributed by atoms with Gasteiger partial charge < -0.3 is 14.8 Å². The molecule has 4 nitrogen and oxygen atoms in total. The van der Waals surface area contributed by atoms with Crippen molar-refractivity contribution in [2.75, 3.05) is 6.61 Å². The Hall–Kier alpha value is -2.49. The number of hydrogen-bond acceptors (Lipinski definition) is 3. The lowest BCUT2D eigenvalue weighted by Gasteiger charge is -2.18. The van der Waals surface area contributed by atoms with Crippen LogP contribution in [0.5, 0.6) is 11.5 Å². The molecule has 0 aliphatic rings. The van der Waals surface area contributed by atoms with Crippen LogP contribution in [-0.2, 0) is 0 Å². The SMILES string of the molecule is Cc1ccccc1OC[C@@H](C)NC(=O)c1ccccc1OC(C)C. The van der Waals surface area contributed by atoms with Crippen molar-refractivity contribution in [3.8, 4) is 11.5 Å². The zero-order chi connectivity index (χ0) is 17.5. The summed E-state index contributed by atoms with van der Waals surface area (Å²) >= 11 is 0. The Morgan fingerprint density at radius 1 is 1.00 bits per heavy atom. The van der Waals surface area contributed by atoms with E-state index in [4.69, 9.17) is 9.47 Å². The fourth-order valence-electron chi connectivity index (χ4n) is 2.29. The second-order valence-corrected chi connectivity index (χ2v) is 6.11. The van der Waals surface area contributed by atoms with Crippen LogP contribution in [0.3, 0.4) is 0 Å². The van der Waals surface area contributed by atoms with Crippen molar-refractivity contribution in [2.24, 2.45) is 0 Å². The van der Waals surface area contributed by atoms with Gasteiger partial charge in [-0.25, -0.2) is 0 Å². The number of aryl methyl sites for hydroxylation is 1.